The van der Waals surface area contributed by atoms with Crippen LogP contribution in [-0.2, 0) is 18.9 Å². The summed E-state index contributed by atoms with van der Waals surface area (Å²) in [5.41, 5.74) is -2.12. The van der Waals surface area contributed by atoms with Crippen LogP contribution in [0.1, 0.15) is 10.4 Å². The molecule has 2 aliphatic rings. The molecule has 2 heterocycles. The molecular weight excluding hydrogens is 424 g/mol. The number of hydrogen-bond donors (Lipinski definition) is 8. The fourth-order valence-corrected chi connectivity index (χ4v) is 3.10. The fourth-order valence-electron chi connectivity index (χ4n) is 3.10. The summed E-state index contributed by atoms with van der Waals surface area (Å²) in [5.74, 6) is -2.12. The number of ether oxygens (including phenoxy) is 4. The molecule has 0 aliphatic carbocycles. The fraction of sp³-hybridized carbons (Fsp3) is 0.611. The average Bonchev–Trinajstić information content (AvgIpc) is 3.04. The number of hydrogen-bond acceptors (Lipinski definition) is 13. The molecule has 0 spiro atoms. The summed E-state index contributed by atoms with van der Waals surface area (Å²) in [7, 11) is 0. The smallest absolute Gasteiger partial charge is 0.340 e. The average molecular weight is 448 g/mol. The van der Waals surface area contributed by atoms with Gasteiger partial charge in [0.1, 0.15) is 36.1 Å². The van der Waals surface area contributed by atoms with Crippen molar-refractivity contribution in [1.82, 2.24) is 0 Å². The van der Waals surface area contributed by atoms with Crippen LogP contribution in [0.15, 0.2) is 18.2 Å². The normalized spacial score (nSPS) is 38.2. The predicted octanol–water partition coefficient (Wildman–Crippen LogP) is -3.48. The third-order valence-corrected chi connectivity index (χ3v) is 5.11. The summed E-state index contributed by atoms with van der Waals surface area (Å²) >= 11 is 0. The number of aliphatic hydroxyl groups excluding tert-OH is 5. The van der Waals surface area contributed by atoms with Crippen LogP contribution in [0.2, 0.25) is 0 Å². The van der Waals surface area contributed by atoms with Crippen LogP contribution in [0.25, 0.3) is 0 Å². The van der Waals surface area contributed by atoms with Crippen molar-refractivity contribution in [3.8, 4) is 11.5 Å². The first-order chi connectivity index (χ1) is 14.6. The summed E-state index contributed by atoms with van der Waals surface area (Å²) in [4.78, 5) is 12.2. The number of aromatic hydroxyl groups is 2. The highest BCUT2D eigenvalue weighted by Crippen LogP contribution is 2.29. The van der Waals surface area contributed by atoms with Crippen LogP contribution >= 0.6 is 0 Å². The first-order valence-electron chi connectivity index (χ1n) is 9.24. The molecule has 0 saturated carbocycles. The highest BCUT2D eigenvalue weighted by atomic mass is 16.7. The van der Waals surface area contributed by atoms with Crippen molar-refractivity contribution in [2.45, 2.75) is 48.7 Å². The lowest BCUT2D eigenvalue weighted by molar-refractivity contribution is -0.295. The Kier molecular flexibility index (Phi) is 7.00. The minimum Gasteiger partial charge on any atom is -0.504 e. The van der Waals surface area contributed by atoms with E-state index in [2.05, 4.69) is 0 Å². The van der Waals surface area contributed by atoms with E-state index in [9.17, 15) is 40.5 Å². The second-order valence-corrected chi connectivity index (χ2v) is 7.34. The number of phenols is 2. The molecule has 1 aromatic carbocycles. The van der Waals surface area contributed by atoms with Crippen LogP contribution in [0.3, 0.4) is 0 Å². The maximum atomic E-state index is 12.2. The maximum absolute atomic E-state index is 12.2. The van der Waals surface area contributed by atoms with Gasteiger partial charge in [0, 0.05) is 0 Å². The number of aliphatic hydroxyl groups is 6. The number of rotatable bonds is 6. The summed E-state index contributed by atoms with van der Waals surface area (Å²) in [5, 5.41) is 78.1. The highest BCUT2D eigenvalue weighted by Gasteiger charge is 2.50. The number of carbonyl (C=O) groups is 1. The van der Waals surface area contributed by atoms with Gasteiger partial charge in [-0.2, -0.15) is 0 Å². The third-order valence-electron chi connectivity index (χ3n) is 5.11. The standard InChI is InChI=1S/C18H24O13/c19-5-18(27)6-29-17(14(18)25)28-4-10-11(22)12(23)13(24)16(30-10)31-15(26)7-1-2-8(20)9(21)3-7/h1-3,10-14,16-17,19-25,27H,4-6H2/t10-,11-,12+,13-,14+,16+,17-,18-/m0/s1. The first-order valence-corrected chi connectivity index (χ1v) is 9.24. The van der Waals surface area contributed by atoms with Crippen molar-refractivity contribution in [2.24, 2.45) is 0 Å². The Morgan fingerprint density at radius 1 is 1.06 bits per heavy atom. The van der Waals surface area contributed by atoms with Crippen LogP contribution < -0.4 is 0 Å². The topological polar surface area (TPSA) is 216 Å². The van der Waals surface area contributed by atoms with Gasteiger partial charge in [0.2, 0.25) is 6.29 Å². The van der Waals surface area contributed by atoms with E-state index in [-0.39, 0.29) is 5.56 Å². The van der Waals surface area contributed by atoms with E-state index < -0.39 is 86.0 Å². The Morgan fingerprint density at radius 2 is 1.77 bits per heavy atom. The van der Waals surface area contributed by atoms with Gasteiger partial charge in [0.05, 0.1) is 25.4 Å². The van der Waals surface area contributed by atoms with Gasteiger partial charge in [-0.1, -0.05) is 0 Å². The van der Waals surface area contributed by atoms with E-state index in [0.29, 0.717) is 0 Å². The Morgan fingerprint density at radius 3 is 2.39 bits per heavy atom. The van der Waals surface area contributed by atoms with E-state index >= 15 is 0 Å². The van der Waals surface area contributed by atoms with Crippen LogP contribution in [0.4, 0.5) is 0 Å². The minimum atomic E-state index is -1.93. The van der Waals surface area contributed by atoms with Crippen molar-refractivity contribution in [3.05, 3.63) is 23.8 Å². The largest absolute Gasteiger partial charge is 0.504 e. The molecule has 3 rings (SSSR count). The van der Waals surface area contributed by atoms with Crippen LogP contribution in [0.5, 0.6) is 11.5 Å². The molecule has 0 unspecified atom stereocenters. The second kappa shape index (κ2) is 9.20. The van der Waals surface area contributed by atoms with Gasteiger partial charge in [-0.25, -0.2) is 4.79 Å². The van der Waals surface area contributed by atoms with Gasteiger partial charge < -0.3 is 59.8 Å². The second-order valence-electron chi connectivity index (χ2n) is 7.34. The van der Waals surface area contributed by atoms with E-state index in [4.69, 9.17) is 24.1 Å². The third kappa shape index (κ3) is 4.74. The summed E-state index contributed by atoms with van der Waals surface area (Å²) in [6, 6.07) is 3.10. The van der Waals surface area contributed by atoms with Crippen LogP contribution in [-0.4, -0.2) is 115 Å². The van der Waals surface area contributed by atoms with Gasteiger partial charge in [-0.05, 0) is 18.2 Å². The number of phenolic OH excluding ortho intramolecular Hbond substituents is 2. The van der Waals surface area contributed by atoms with Crippen molar-refractivity contribution in [3.63, 3.8) is 0 Å². The molecule has 0 aromatic heterocycles. The van der Waals surface area contributed by atoms with E-state index in [1.54, 1.807) is 0 Å². The molecular formula is C18H24O13. The zero-order valence-corrected chi connectivity index (χ0v) is 16.0. The molecule has 2 aliphatic heterocycles. The SMILES string of the molecule is O=C(O[C@H]1O[C@@H](CO[C@H]2OC[C@@](O)(CO)[C@@H]2O)[C@H](O)[C@@H](O)[C@@H]1O)c1ccc(O)c(O)c1. The molecule has 31 heavy (non-hydrogen) atoms. The van der Waals surface area contributed by atoms with E-state index in [1.807, 2.05) is 0 Å². The molecule has 8 N–H and O–H groups in total. The molecule has 8 atom stereocenters. The minimum absolute atomic E-state index is 0.190. The van der Waals surface area contributed by atoms with Crippen molar-refractivity contribution in [1.29, 1.82) is 0 Å². The Balaban J connectivity index is 1.63. The van der Waals surface area contributed by atoms with Gasteiger partial charge in [-0.3, -0.25) is 0 Å². The number of carbonyl (C=O) groups excluding carboxylic acids is 1. The highest BCUT2D eigenvalue weighted by molar-refractivity contribution is 5.90. The van der Waals surface area contributed by atoms with Gasteiger partial charge in [0.15, 0.2) is 17.8 Å². The molecule has 13 nitrogen and oxygen atoms in total. The van der Waals surface area contributed by atoms with Crippen molar-refractivity contribution in [2.75, 3.05) is 19.8 Å². The Labute approximate surface area is 175 Å². The van der Waals surface area contributed by atoms with Gasteiger partial charge in [-0.15, -0.1) is 0 Å². The van der Waals surface area contributed by atoms with Crippen LogP contribution in [0, 0.1) is 0 Å². The van der Waals surface area contributed by atoms with E-state index in [0.717, 1.165) is 18.2 Å². The summed E-state index contributed by atoms with van der Waals surface area (Å²) < 4.78 is 20.6. The quantitative estimate of drug-likeness (QED) is 0.157. The van der Waals surface area contributed by atoms with Gasteiger partial charge >= 0.3 is 5.97 Å². The molecule has 2 saturated heterocycles. The molecule has 2 fully saturated rings. The molecule has 0 amide bonds. The zero-order chi connectivity index (χ0) is 22.9. The molecule has 0 radical (unpaired) electrons. The molecule has 0 bridgehead atoms. The van der Waals surface area contributed by atoms with Gasteiger partial charge in [0.25, 0.3) is 0 Å². The summed E-state index contributed by atoms with van der Waals surface area (Å²) in [6.45, 7) is -1.71. The Bertz CT molecular complexity index is 788. The Hall–Kier alpha value is -2.07. The lowest BCUT2D eigenvalue weighted by atomic mass is 9.99. The van der Waals surface area contributed by atoms with Crippen molar-refractivity contribution < 1.29 is 64.6 Å². The summed E-state index contributed by atoms with van der Waals surface area (Å²) in [6.07, 6.45) is -11.4. The predicted molar refractivity (Wildman–Crippen MR) is 95.6 cm³/mol. The zero-order valence-electron chi connectivity index (χ0n) is 16.0. The lowest BCUT2D eigenvalue weighted by Crippen LogP contribution is -2.60. The molecule has 1 aromatic rings. The molecule has 13 heteroatoms. The maximum Gasteiger partial charge on any atom is 0.340 e. The van der Waals surface area contributed by atoms with E-state index in [1.165, 1.54) is 0 Å². The van der Waals surface area contributed by atoms with Crippen molar-refractivity contribution >= 4 is 5.97 Å². The number of benzene rings is 1. The molecule has 174 valence electrons. The number of esters is 1. The first kappa shape index (κ1) is 23.6. The lowest BCUT2D eigenvalue weighted by Gasteiger charge is -2.40. The monoisotopic (exact) mass is 448 g/mol.